The van der Waals surface area contributed by atoms with E-state index in [9.17, 15) is 0 Å². The minimum absolute atomic E-state index is 0. The van der Waals surface area contributed by atoms with Crippen molar-refractivity contribution >= 4 is 35.0 Å². The molecule has 0 saturated heterocycles. The van der Waals surface area contributed by atoms with Gasteiger partial charge >= 0.3 is 0 Å². The predicted octanol–water partition coefficient (Wildman–Crippen LogP) is 3.03. The number of alkyl halides is 1. The van der Waals surface area contributed by atoms with E-state index in [1.54, 1.807) is 0 Å². The SMILES string of the molecule is Cc1cc2ccc(CCl)nc2[nH]1.Cl. The van der Waals surface area contributed by atoms with Crippen LogP contribution in [0.1, 0.15) is 11.4 Å². The van der Waals surface area contributed by atoms with Gasteiger partial charge in [0.15, 0.2) is 0 Å². The Bertz CT molecular complexity index is 409. The van der Waals surface area contributed by atoms with E-state index in [4.69, 9.17) is 11.6 Å². The van der Waals surface area contributed by atoms with E-state index in [1.807, 2.05) is 19.1 Å². The van der Waals surface area contributed by atoms with Crippen LogP contribution in [0.2, 0.25) is 0 Å². The number of nitrogens with one attached hydrogen (secondary N) is 1. The molecule has 4 heteroatoms. The summed E-state index contributed by atoms with van der Waals surface area (Å²) >= 11 is 5.66. The number of aryl methyl sites for hydroxylation is 1. The number of aromatic amines is 1. The van der Waals surface area contributed by atoms with Gasteiger partial charge in [-0.2, -0.15) is 0 Å². The molecular weight excluding hydrogens is 207 g/mol. The normalized spacial score (nSPS) is 10.0. The van der Waals surface area contributed by atoms with E-state index in [2.05, 4.69) is 16.0 Å². The zero-order valence-electron chi connectivity index (χ0n) is 7.17. The summed E-state index contributed by atoms with van der Waals surface area (Å²) in [5.41, 5.74) is 2.96. The second-order valence-electron chi connectivity index (χ2n) is 2.83. The maximum absolute atomic E-state index is 5.66. The fraction of sp³-hybridized carbons (Fsp3) is 0.222. The van der Waals surface area contributed by atoms with Gasteiger partial charge in [-0.3, -0.25) is 0 Å². The zero-order chi connectivity index (χ0) is 8.55. The van der Waals surface area contributed by atoms with Gasteiger partial charge in [0.1, 0.15) is 5.65 Å². The second-order valence-corrected chi connectivity index (χ2v) is 3.09. The molecule has 2 heterocycles. The first-order valence-corrected chi connectivity index (χ1v) is 4.34. The summed E-state index contributed by atoms with van der Waals surface area (Å²) in [6.07, 6.45) is 0. The summed E-state index contributed by atoms with van der Waals surface area (Å²) in [5, 5.41) is 1.14. The Kier molecular flexibility index (Phi) is 3.17. The summed E-state index contributed by atoms with van der Waals surface area (Å²) in [7, 11) is 0. The highest BCUT2D eigenvalue weighted by molar-refractivity contribution is 6.16. The summed E-state index contributed by atoms with van der Waals surface area (Å²) < 4.78 is 0. The first-order chi connectivity index (χ1) is 5.79. The van der Waals surface area contributed by atoms with Crippen LogP contribution in [-0.2, 0) is 5.88 Å². The number of hydrogen-bond acceptors (Lipinski definition) is 1. The van der Waals surface area contributed by atoms with Gasteiger partial charge in [0.25, 0.3) is 0 Å². The van der Waals surface area contributed by atoms with Crippen LogP contribution < -0.4 is 0 Å². The fourth-order valence-corrected chi connectivity index (χ4v) is 1.41. The highest BCUT2D eigenvalue weighted by Crippen LogP contribution is 2.13. The average Bonchev–Trinajstić information content (AvgIpc) is 2.43. The number of halogens is 2. The van der Waals surface area contributed by atoms with Gasteiger partial charge in [0.2, 0.25) is 0 Å². The van der Waals surface area contributed by atoms with Crippen LogP contribution in [0.15, 0.2) is 18.2 Å². The molecule has 1 N–H and O–H groups in total. The van der Waals surface area contributed by atoms with Gasteiger partial charge in [-0.1, -0.05) is 0 Å². The minimum Gasteiger partial charge on any atom is -0.344 e. The van der Waals surface area contributed by atoms with Gasteiger partial charge in [0, 0.05) is 11.1 Å². The van der Waals surface area contributed by atoms with Crippen molar-refractivity contribution in [2.24, 2.45) is 0 Å². The van der Waals surface area contributed by atoms with Crippen LogP contribution >= 0.6 is 24.0 Å². The Morgan fingerprint density at radius 2 is 2.23 bits per heavy atom. The van der Waals surface area contributed by atoms with Crippen LogP contribution in [-0.4, -0.2) is 9.97 Å². The van der Waals surface area contributed by atoms with E-state index in [1.165, 1.54) is 0 Å². The van der Waals surface area contributed by atoms with Crippen molar-refractivity contribution in [1.29, 1.82) is 0 Å². The van der Waals surface area contributed by atoms with Crippen molar-refractivity contribution in [3.8, 4) is 0 Å². The fourth-order valence-electron chi connectivity index (χ4n) is 1.26. The van der Waals surface area contributed by atoms with Crippen molar-refractivity contribution in [3.63, 3.8) is 0 Å². The Morgan fingerprint density at radius 1 is 1.46 bits per heavy atom. The van der Waals surface area contributed by atoms with Crippen molar-refractivity contribution in [2.45, 2.75) is 12.8 Å². The lowest BCUT2D eigenvalue weighted by molar-refractivity contribution is 1.17. The molecule has 0 spiro atoms. The maximum Gasteiger partial charge on any atom is 0.137 e. The Hall–Kier alpha value is -0.730. The van der Waals surface area contributed by atoms with Gasteiger partial charge in [-0.25, -0.2) is 4.98 Å². The molecule has 0 amide bonds. The van der Waals surface area contributed by atoms with Gasteiger partial charge in [-0.05, 0) is 25.1 Å². The van der Waals surface area contributed by atoms with Crippen LogP contribution in [0.25, 0.3) is 11.0 Å². The monoisotopic (exact) mass is 216 g/mol. The molecule has 0 aromatic carbocycles. The topological polar surface area (TPSA) is 28.7 Å². The third-order valence-electron chi connectivity index (χ3n) is 1.81. The third-order valence-corrected chi connectivity index (χ3v) is 2.08. The minimum atomic E-state index is 0. The number of nitrogens with zero attached hydrogens (tertiary/aromatic N) is 1. The third kappa shape index (κ3) is 1.95. The summed E-state index contributed by atoms with van der Waals surface area (Å²) in [4.78, 5) is 7.49. The van der Waals surface area contributed by atoms with E-state index in [0.717, 1.165) is 22.4 Å². The highest BCUT2D eigenvalue weighted by atomic mass is 35.5. The lowest BCUT2D eigenvalue weighted by atomic mass is 10.3. The first-order valence-electron chi connectivity index (χ1n) is 3.81. The molecule has 13 heavy (non-hydrogen) atoms. The smallest absolute Gasteiger partial charge is 0.137 e. The summed E-state index contributed by atoms with van der Waals surface area (Å²) in [6.45, 7) is 2.02. The molecule has 0 saturated carbocycles. The molecule has 0 unspecified atom stereocenters. The Morgan fingerprint density at radius 3 is 2.92 bits per heavy atom. The average molecular weight is 217 g/mol. The first kappa shape index (κ1) is 10.4. The molecule has 2 aromatic rings. The molecule has 0 fully saturated rings. The molecule has 70 valence electrons. The summed E-state index contributed by atoms with van der Waals surface area (Å²) in [6, 6.07) is 6.05. The lowest BCUT2D eigenvalue weighted by Crippen LogP contribution is -1.84. The van der Waals surface area contributed by atoms with E-state index in [-0.39, 0.29) is 12.4 Å². The standard InChI is InChI=1S/C9H9ClN2.ClH/c1-6-4-7-2-3-8(5-10)12-9(7)11-6;/h2-4H,5H2,1H3,(H,11,12);1H. The van der Waals surface area contributed by atoms with Crippen molar-refractivity contribution < 1.29 is 0 Å². The predicted molar refractivity (Wildman–Crippen MR) is 57.6 cm³/mol. The Balaban J connectivity index is 0.000000845. The number of pyridine rings is 1. The molecular formula is C9H10Cl2N2. The number of rotatable bonds is 1. The Labute approximate surface area is 87.7 Å². The van der Waals surface area contributed by atoms with Gasteiger partial charge in [0.05, 0.1) is 11.6 Å². The molecule has 0 aliphatic rings. The molecule has 2 nitrogen and oxygen atoms in total. The quantitative estimate of drug-likeness (QED) is 0.730. The van der Waals surface area contributed by atoms with Crippen molar-refractivity contribution in [1.82, 2.24) is 9.97 Å². The number of aromatic nitrogens is 2. The van der Waals surface area contributed by atoms with Crippen molar-refractivity contribution in [2.75, 3.05) is 0 Å². The molecule has 0 atom stereocenters. The highest BCUT2D eigenvalue weighted by Gasteiger charge is 1.99. The summed E-state index contributed by atoms with van der Waals surface area (Å²) in [5.74, 6) is 0.466. The van der Waals surface area contributed by atoms with Gasteiger partial charge < -0.3 is 4.98 Å². The van der Waals surface area contributed by atoms with E-state index < -0.39 is 0 Å². The molecule has 2 aromatic heterocycles. The maximum atomic E-state index is 5.66. The number of hydrogen-bond donors (Lipinski definition) is 1. The zero-order valence-corrected chi connectivity index (χ0v) is 8.75. The lowest BCUT2D eigenvalue weighted by Gasteiger charge is -1.92. The number of H-pyrrole nitrogens is 1. The molecule has 0 aliphatic carbocycles. The molecule has 2 rings (SSSR count). The van der Waals surface area contributed by atoms with Crippen LogP contribution in [0.4, 0.5) is 0 Å². The number of fused-ring (bicyclic) bond motifs is 1. The molecule has 0 bridgehead atoms. The van der Waals surface area contributed by atoms with E-state index >= 15 is 0 Å². The second kappa shape index (κ2) is 3.99. The van der Waals surface area contributed by atoms with Gasteiger partial charge in [-0.15, -0.1) is 24.0 Å². The van der Waals surface area contributed by atoms with Crippen LogP contribution in [0.5, 0.6) is 0 Å². The van der Waals surface area contributed by atoms with E-state index in [0.29, 0.717) is 5.88 Å². The molecule has 0 radical (unpaired) electrons. The largest absolute Gasteiger partial charge is 0.344 e. The molecule has 0 aliphatic heterocycles. The van der Waals surface area contributed by atoms with Crippen LogP contribution in [0, 0.1) is 6.92 Å². The van der Waals surface area contributed by atoms with Crippen molar-refractivity contribution in [3.05, 3.63) is 29.6 Å². The van der Waals surface area contributed by atoms with Crippen LogP contribution in [0.3, 0.4) is 0 Å².